The predicted octanol–water partition coefficient (Wildman–Crippen LogP) is 3.03. The summed E-state index contributed by atoms with van der Waals surface area (Å²) < 4.78 is 100. The normalized spacial score (nSPS) is 23.0. The molecule has 3 heterocycles. The lowest BCUT2D eigenvalue weighted by molar-refractivity contribution is -0.0537. The van der Waals surface area contributed by atoms with E-state index in [1.807, 2.05) is 0 Å². The number of fused-ring (bicyclic) bond motifs is 1. The number of benzene rings is 2. The van der Waals surface area contributed by atoms with Crippen LogP contribution in [0.3, 0.4) is 0 Å². The second kappa shape index (κ2) is 10.3. The van der Waals surface area contributed by atoms with Crippen LogP contribution in [0.15, 0.2) is 45.7 Å². The first kappa shape index (κ1) is 28.8. The van der Waals surface area contributed by atoms with Crippen molar-refractivity contribution < 1.29 is 34.4 Å². The Hall–Kier alpha value is -2.72. The van der Waals surface area contributed by atoms with Crippen molar-refractivity contribution >= 4 is 37.1 Å². The Morgan fingerprint density at radius 2 is 1.88 bits per heavy atom. The zero-order valence-electron chi connectivity index (χ0n) is 21.1. The molecule has 1 fully saturated rings. The third-order valence-electron chi connectivity index (χ3n) is 6.77. The van der Waals surface area contributed by atoms with Gasteiger partial charge in [-0.15, -0.1) is 10.2 Å². The molecule has 16 heteroatoms. The van der Waals surface area contributed by atoms with Gasteiger partial charge < -0.3 is 15.1 Å². The highest BCUT2D eigenvalue weighted by molar-refractivity contribution is 7.91. The van der Waals surface area contributed by atoms with Gasteiger partial charge in [-0.25, -0.2) is 30.0 Å². The number of anilines is 1. The fraction of sp³-hybridized carbons (Fsp3) is 0.417. The first-order chi connectivity index (χ1) is 18.6. The van der Waals surface area contributed by atoms with Crippen LogP contribution in [0.5, 0.6) is 0 Å². The Morgan fingerprint density at radius 1 is 1.18 bits per heavy atom. The highest BCUT2D eigenvalue weighted by Gasteiger charge is 2.45. The molecular weight excluding hydrogens is 595 g/mol. The van der Waals surface area contributed by atoms with Crippen LogP contribution in [0.2, 0.25) is 5.02 Å². The minimum absolute atomic E-state index is 0.132. The van der Waals surface area contributed by atoms with Gasteiger partial charge in [-0.2, -0.15) is 4.31 Å². The summed E-state index contributed by atoms with van der Waals surface area (Å²) in [5.74, 6) is -6.51. The Kier molecular flexibility index (Phi) is 7.40. The third-order valence-corrected chi connectivity index (χ3v) is 10.1. The van der Waals surface area contributed by atoms with Gasteiger partial charge in [-0.05, 0) is 29.8 Å². The second-order valence-electron chi connectivity index (χ2n) is 10.1. The van der Waals surface area contributed by atoms with Crippen LogP contribution in [0.4, 0.5) is 18.9 Å². The number of nitrogens with zero attached hydrogens (tertiary/aromatic N) is 4. The fourth-order valence-electron chi connectivity index (χ4n) is 4.95. The molecule has 0 saturated carbocycles. The summed E-state index contributed by atoms with van der Waals surface area (Å²) >= 11 is 5.98. The van der Waals surface area contributed by atoms with E-state index in [9.17, 15) is 25.6 Å². The van der Waals surface area contributed by atoms with Crippen LogP contribution in [-0.2, 0) is 26.4 Å². The highest BCUT2D eigenvalue weighted by atomic mass is 35.5. The molecule has 216 valence electrons. The molecular formula is C24H25ClF3N5O5S2. The molecule has 0 spiro atoms. The van der Waals surface area contributed by atoms with Gasteiger partial charge in [0, 0.05) is 37.1 Å². The van der Waals surface area contributed by atoms with E-state index in [1.165, 1.54) is 6.07 Å². The smallest absolute Gasteiger partial charge is 0.262 e. The molecule has 40 heavy (non-hydrogen) atoms. The zero-order valence-corrected chi connectivity index (χ0v) is 23.5. The van der Waals surface area contributed by atoms with Crippen molar-refractivity contribution in [3.63, 3.8) is 0 Å². The number of hydrogen-bond acceptors (Lipinski definition) is 9. The summed E-state index contributed by atoms with van der Waals surface area (Å²) in [4.78, 5) is 1.44. The molecule has 10 nitrogen and oxygen atoms in total. The average molecular weight is 620 g/mol. The van der Waals surface area contributed by atoms with Gasteiger partial charge >= 0.3 is 0 Å². The number of aromatic nitrogens is 2. The average Bonchev–Trinajstić information content (AvgIpc) is 3.30. The van der Waals surface area contributed by atoms with Crippen LogP contribution in [-0.4, -0.2) is 74.9 Å². The number of sulfone groups is 1. The van der Waals surface area contributed by atoms with Gasteiger partial charge in [0.2, 0.25) is 15.9 Å². The highest BCUT2D eigenvalue weighted by Crippen LogP contribution is 2.39. The van der Waals surface area contributed by atoms with Crippen LogP contribution in [0.25, 0.3) is 11.5 Å². The molecule has 0 bridgehead atoms. The van der Waals surface area contributed by atoms with Gasteiger partial charge in [0.1, 0.15) is 5.82 Å². The summed E-state index contributed by atoms with van der Waals surface area (Å²) in [6.45, 7) is -0.921. The fourth-order valence-corrected chi connectivity index (χ4v) is 7.59. The number of sulfonamides is 1. The molecule has 3 aromatic rings. The van der Waals surface area contributed by atoms with Crippen molar-refractivity contribution in [2.45, 2.75) is 35.7 Å². The third kappa shape index (κ3) is 5.98. The Bertz CT molecular complexity index is 1650. The van der Waals surface area contributed by atoms with Crippen LogP contribution in [0.1, 0.15) is 23.8 Å². The maximum absolute atomic E-state index is 15.4. The van der Waals surface area contributed by atoms with Crippen LogP contribution < -0.4 is 10.6 Å². The topological polar surface area (TPSA) is 140 Å². The van der Waals surface area contributed by atoms with E-state index in [4.69, 9.17) is 21.8 Å². The molecule has 5 rings (SSSR count). The molecule has 0 radical (unpaired) electrons. The quantitative estimate of drug-likeness (QED) is 0.456. The van der Waals surface area contributed by atoms with E-state index in [2.05, 4.69) is 10.2 Å². The van der Waals surface area contributed by atoms with Crippen molar-refractivity contribution in [3.05, 3.63) is 58.7 Å². The van der Waals surface area contributed by atoms with E-state index in [1.54, 1.807) is 29.2 Å². The molecule has 2 aromatic carbocycles. The van der Waals surface area contributed by atoms with Gasteiger partial charge in [-0.3, -0.25) is 0 Å². The second-order valence-corrected chi connectivity index (χ2v) is 14.5. The van der Waals surface area contributed by atoms with Gasteiger partial charge in [-0.1, -0.05) is 23.7 Å². The summed E-state index contributed by atoms with van der Waals surface area (Å²) in [5, 5.41) is 8.15. The minimum Gasteiger partial charge on any atom is -0.420 e. The monoisotopic (exact) mass is 619 g/mol. The van der Waals surface area contributed by atoms with Crippen LogP contribution in [0, 0.1) is 5.82 Å². The number of halogens is 4. The number of rotatable bonds is 5. The summed E-state index contributed by atoms with van der Waals surface area (Å²) in [5.41, 5.74) is 6.82. The lowest BCUT2D eigenvalue weighted by atomic mass is 9.97. The number of nitrogens with two attached hydrogens (primary N) is 1. The standard InChI is InChI=1S/C24H25ClF3N5O5S2/c1-39(34,35)33-10-15(8-24(27,28)13-33)22-30-31-23(38-22)18-6-20-21(7-19(18)26)40(36,37)12-17(29)11-32(20)9-14-2-4-16(25)5-3-14/h2-7,15,17H,8-13,29H2,1H3/t15?,17-/m1/s1. The predicted molar refractivity (Wildman–Crippen MR) is 141 cm³/mol. The van der Waals surface area contributed by atoms with Gasteiger partial charge in [0.25, 0.3) is 11.8 Å². The Balaban J connectivity index is 1.54. The number of hydrogen-bond donors (Lipinski definition) is 1. The minimum atomic E-state index is -3.97. The Labute approximate surface area is 233 Å². The molecule has 1 unspecified atom stereocenters. The molecule has 1 aromatic heterocycles. The molecule has 2 atom stereocenters. The summed E-state index contributed by atoms with van der Waals surface area (Å²) in [6.07, 6.45) is 0.0871. The maximum Gasteiger partial charge on any atom is 0.262 e. The number of piperidine rings is 1. The van der Waals surface area contributed by atoms with Crippen molar-refractivity contribution in [3.8, 4) is 11.5 Å². The van der Waals surface area contributed by atoms with Gasteiger partial charge in [0.15, 0.2) is 9.84 Å². The van der Waals surface area contributed by atoms with E-state index in [0.29, 0.717) is 9.33 Å². The molecule has 2 N–H and O–H groups in total. The molecule has 2 aliphatic heterocycles. The largest absolute Gasteiger partial charge is 0.420 e. The van der Waals surface area contributed by atoms with Crippen molar-refractivity contribution in [1.29, 1.82) is 0 Å². The van der Waals surface area contributed by atoms with Gasteiger partial charge in [0.05, 0.1) is 40.6 Å². The SMILES string of the molecule is CS(=O)(=O)N1CC(c2nnc(-c3cc4c(cc3F)S(=O)(=O)C[C@H](N)CN4Cc3ccc(Cl)cc3)o2)CC(F)(F)C1. The van der Waals surface area contributed by atoms with E-state index < -0.39 is 62.3 Å². The zero-order chi connectivity index (χ0) is 29.0. The number of alkyl halides is 2. The van der Waals surface area contributed by atoms with E-state index in [0.717, 1.165) is 17.9 Å². The first-order valence-corrected chi connectivity index (χ1v) is 16.0. The molecule has 0 aliphatic carbocycles. The lowest BCUT2D eigenvalue weighted by Gasteiger charge is -2.34. The molecule has 0 amide bonds. The van der Waals surface area contributed by atoms with Crippen molar-refractivity contribution in [2.75, 3.05) is 36.5 Å². The van der Waals surface area contributed by atoms with Crippen molar-refractivity contribution in [1.82, 2.24) is 14.5 Å². The lowest BCUT2D eigenvalue weighted by Crippen LogP contribution is -2.48. The Morgan fingerprint density at radius 3 is 2.55 bits per heavy atom. The first-order valence-electron chi connectivity index (χ1n) is 12.1. The van der Waals surface area contributed by atoms with Crippen molar-refractivity contribution in [2.24, 2.45) is 5.73 Å². The summed E-state index contributed by atoms with van der Waals surface area (Å²) in [7, 11) is -7.90. The summed E-state index contributed by atoms with van der Waals surface area (Å²) in [6, 6.07) is 8.24. The van der Waals surface area contributed by atoms with E-state index >= 15 is 4.39 Å². The maximum atomic E-state index is 15.4. The van der Waals surface area contributed by atoms with E-state index in [-0.39, 0.29) is 47.6 Å². The molecule has 2 aliphatic rings. The van der Waals surface area contributed by atoms with Crippen LogP contribution >= 0.6 is 11.6 Å². The molecule has 1 saturated heterocycles.